The molecule has 0 unspecified atom stereocenters. The molecule has 0 bridgehead atoms. The van der Waals surface area contributed by atoms with Gasteiger partial charge in [-0.25, -0.2) is 4.57 Å². The number of rotatable bonds is 1. The van der Waals surface area contributed by atoms with Crippen molar-refractivity contribution in [2.45, 2.75) is 40.5 Å². The maximum absolute atomic E-state index is 2.38. The minimum Gasteiger partial charge on any atom is -0.201 e. The maximum atomic E-state index is 2.38. The molecule has 0 amide bonds. The predicted octanol–water partition coefficient (Wildman–Crippen LogP) is 6.55. The van der Waals surface area contributed by atoms with Crippen molar-refractivity contribution in [2.75, 3.05) is 0 Å². The molecule has 0 N–H and O–H groups in total. The lowest BCUT2D eigenvalue weighted by atomic mass is 9.92. The van der Waals surface area contributed by atoms with Crippen molar-refractivity contribution in [3.05, 3.63) is 99.2 Å². The van der Waals surface area contributed by atoms with E-state index in [-0.39, 0.29) is 0 Å². The summed E-state index contributed by atoms with van der Waals surface area (Å²) in [6, 6.07) is 18.5. The molecule has 1 aromatic heterocycles. The highest BCUT2D eigenvalue weighted by atomic mass is 14.9. The topological polar surface area (TPSA) is 3.88 Å². The van der Waals surface area contributed by atoms with E-state index < -0.39 is 0 Å². The van der Waals surface area contributed by atoms with Crippen molar-refractivity contribution >= 4 is 0 Å². The SMILES string of the molecule is Cc1cc(C)c(C)c(-c2c3c(cc[n+]2C)-c2c(ccc4c2Cc2c(C)cccc2-4)C3)c1. The Morgan fingerprint density at radius 2 is 1.48 bits per heavy atom. The van der Waals surface area contributed by atoms with Gasteiger partial charge in [-0.05, 0) is 95.8 Å². The second-order valence-electron chi connectivity index (χ2n) is 9.50. The van der Waals surface area contributed by atoms with E-state index >= 15 is 0 Å². The van der Waals surface area contributed by atoms with Gasteiger partial charge >= 0.3 is 0 Å². The Morgan fingerprint density at radius 3 is 2.32 bits per heavy atom. The number of aryl methyl sites for hydroxylation is 4. The van der Waals surface area contributed by atoms with E-state index in [1.54, 1.807) is 0 Å². The van der Waals surface area contributed by atoms with Gasteiger partial charge in [-0.2, -0.15) is 0 Å². The Hall–Kier alpha value is -3.19. The smallest absolute Gasteiger partial charge is 0.201 e. The summed E-state index contributed by atoms with van der Waals surface area (Å²) in [6.45, 7) is 8.96. The van der Waals surface area contributed by atoms with E-state index in [0.29, 0.717) is 0 Å². The number of hydrogen-bond donors (Lipinski definition) is 0. The first-order chi connectivity index (χ1) is 14.9. The summed E-state index contributed by atoms with van der Waals surface area (Å²) >= 11 is 0. The van der Waals surface area contributed by atoms with Crippen LogP contribution in [0.2, 0.25) is 0 Å². The minimum absolute atomic E-state index is 1.02. The van der Waals surface area contributed by atoms with Crippen LogP contribution in [0.15, 0.2) is 54.7 Å². The van der Waals surface area contributed by atoms with Gasteiger partial charge < -0.3 is 0 Å². The van der Waals surface area contributed by atoms with Crippen LogP contribution in [0.25, 0.3) is 33.5 Å². The fourth-order valence-corrected chi connectivity index (χ4v) is 5.92. The van der Waals surface area contributed by atoms with Gasteiger partial charge in [0.15, 0.2) is 6.20 Å². The number of nitrogens with zero attached hydrogens (tertiary/aromatic N) is 1. The lowest BCUT2D eigenvalue weighted by Crippen LogP contribution is -2.32. The molecule has 0 spiro atoms. The fourth-order valence-electron chi connectivity index (χ4n) is 5.92. The van der Waals surface area contributed by atoms with Gasteiger partial charge in [-0.3, -0.25) is 0 Å². The van der Waals surface area contributed by atoms with Crippen LogP contribution < -0.4 is 4.57 Å². The van der Waals surface area contributed by atoms with Crippen LogP contribution in [0.4, 0.5) is 0 Å². The summed E-state index contributed by atoms with van der Waals surface area (Å²) in [5.74, 6) is 0. The van der Waals surface area contributed by atoms with Crippen LogP contribution in [-0.4, -0.2) is 0 Å². The highest BCUT2D eigenvalue weighted by Gasteiger charge is 2.33. The standard InChI is InChI=1S/C30H28N/c1-17-13-19(3)20(4)26(14-17)30-28-15-21-9-10-23-22-8-6-7-18(2)25(22)16-27(23)29(21)24(28)11-12-31(30)5/h6-14H,15-16H2,1-5H3/q+1. The number of fused-ring (bicyclic) bond motifs is 7. The van der Waals surface area contributed by atoms with Crippen LogP contribution in [0.3, 0.4) is 0 Å². The third-order valence-electron chi connectivity index (χ3n) is 7.59. The van der Waals surface area contributed by atoms with E-state index in [4.69, 9.17) is 0 Å². The largest absolute Gasteiger partial charge is 0.216 e. The van der Waals surface area contributed by atoms with E-state index in [0.717, 1.165) is 12.8 Å². The summed E-state index contributed by atoms with van der Waals surface area (Å²) in [7, 11) is 2.19. The zero-order chi connectivity index (χ0) is 21.4. The summed E-state index contributed by atoms with van der Waals surface area (Å²) in [6.07, 6.45) is 4.33. The summed E-state index contributed by atoms with van der Waals surface area (Å²) in [4.78, 5) is 0. The maximum Gasteiger partial charge on any atom is 0.216 e. The molecule has 3 aromatic carbocycles. The Balaban J connectivity index is 1.61. The number of benzene rings is 3. The Morgan fingerprint density at radius 1 is 0.677 bits per heavy atom. The molecule has 0 saturated carbocycles. The highest BCUT2D eigenvalue weighted by Crippen LogP contribution is 2.49. The zero-order valence-corrected chi connectivity index (χ0v) is 19.1. The summed E-state index contributed by atoms with van der Waals surface area (Å²) in [5.41, 5.74) is 20.0. The van der Waals surface area contributed by atoms with Gasteiger partial charge in [-0.15, -0.1) is 0 Å². The van der Waals surface area contributed by atoms with Gasteiger partial charge in [0.1, 0.15) is 7.05 Å². The first kappa shape index (κ1) is 18.6. The summed E-state index contributed by atoms with van der Waals surface area (Å²) in [5, 5.41) is 0. The molecule has 1 heterocycles. The average Bonchev–Trinajstić information content (AvgIpc) is 3.30. The van der Waals surface area contributed by atoms with Gasteiger partial charge in [0.25, 0.3) is 0 Å². The van der Waals surface area contributed by atoms with E-state index in [1.165, 1.54) is 78.0 Å². The molecular formula is C30H28N+. The molecule has 0 atom stereocenters. The first-order valence-corrected chi connectivity index (χ1v) is 11.3. The van der Waals surface area contributed by atoms with Gasteiger partial charge in [0.2, 0.25) is 5.69 Å². The van der Waals surface area contributed by atoms with Crippen molar-refractivity contribution < 1.29 is 4.57 Å². The van der Waals surface area contributed by atoms with Crippen molar-refractivity contribution in [1.29, 1.82) is 0 Å². The van der Waals surface area contributed by atoms with Gasteiger partial charge in [0.05, 0.1) is 0 Å². The quantitative estimate of drug-likeness (QED) is 0.274. The number of pyridine rings is 1. The molecule has 0 aliphatic heterocycles. The Kier molecular flexibility index (Phi) is 3.84. The Bertz CT molecular complexity index is 1420. The highest BCUT2D eigenvalue weighted by molar-refractivity contribution is 5.92. The molecule has 1 heteroatoms. The molecule has 6 rings (SSSR count). The molecule has 2 aliphatic carbocycles. The third kappa shape index (κ3) is 2.53. The molecule has 1 nitrogen and oxygen atoms in total. The molecule has 0 radical (unpaired) electrons. The lowest BCUT2D eigenvalue weighted by molar-refractivity contribution is -0.660. The van der Waals surface area contributed by atoms with E-state index in [9.17, 15) is 0 Å². The molecule has 2 aliphatic rings. The number of hydrogen-bond acceptors (Lipinski definition) is 0. The monoisotopic (exact) mass is 402 g/mol. The van der Waals surface area contributed by atoms with Crippen LogP contribution in [0.1, 0.15) is 44.5 Å². The van der Waals surface area contributed by atoms with Gasteiger partial charge in [0, 0.05) is 23.6 Å². The van der Waals surface area contributed by atoms with Crippen LogP contribution in [0.5, 0.6) is 0 Å². The van der Waals surface area contributed by atoms with Crippen LogP contribution >= 0.6 is 0 Å². The van der Waals surface area contributed by atoms with Crippen molar-refractivity contribution in [3.63, 3.8) is 0 Å². The predicted molar refractivity (Wildman–Crippen MR) is 128 cm³/mol. The van der Waals surface area contributed by atoms with Crippen LogP contribution in [-0.2, 0) is 19.9 Å². The van der Waals surface area contributed by atoms with Gasteiger partial charge in [-0.1, -0.05) is 42.0 Å². The third-order valence-corrected chi connectivity index (χ3v) is 7.59. The summed E-state index contributed by atoms with van der Waals surface area (Å²) < 4.78 is 2.32. The average molecular weight is 403 g/mol. The second-order valence-corrected chi connectivity index (χ2v) is 9.50. The fraction of sp³-hybridized carbons (Fsp3) is 0.233. The molecular weight excluding hydrogens is 374 g/mol. The van der Waals surface area contributed by atoms with Crippen LogP contribution in [0, 0.1) is 27.7 Å². The Labute approximate surface area is 185 Å². The second kappa shape index (κ2) is 6.40. The number of aromatic nitrogens is 1. The molecule has 152 valence electrons. The lowest BCUT2D eigenvalue weighted by Gasteiger charge is -2.13. The van der Waals surface area contributed by atoms with Crippen molar-refractivity contribution in [2.24, 2.45) is 7.05 Å². The van der Waals surface area contributed by atoms with Crippen molar-refractivity contribution in [1.82, 2.24) is 0 Å². The molecule has 4 aromatic rings. The molecule has 31 heavy (non-hydrogen) atoms. The first-order valence-electron chi connectivity index (χ1n) is 11.3. The van der Waals surface area contributed by atoms with E-state index in [1.807, 2.05) is 0 Å². The normalized spacial score (nSPS) is 13.1. The van der Waals surface area contributed by atoms with E-state index in [2.05, 4.69) is 94.0 Å². The zero-order valence-electron chi connectivity index (χ0n) is 19.1. The molecule has 0 saturated heterocycles. The minimum atomic E-state index is 1.02. The van der Waals surface area contributed by atoms with Crippen molar-refractivity contribution in [3.8, 4) is 33.5 Å². The molecule has 0 fully saturated rings.